The Kier molecular flexibility index (Phi) is 5.46. The fourth-order valence-electron chi connectivity index (χ4n) is 2.28. The Morgan fingerprint density at radius 2 is 1.96 bits per heavy atom. The maximum atomic E-state index is 11.9. The Morgan fingerprint density at radius 3 is 2.48 bits per heavy atom. The number of nitrogens with zero attached hydrogens (tertiary/aromatic N) is 3. The van der Waals surface area contributed by atoms with Crippen molar-refractivity contribution in [2.24, 2.45) is 5.41 Å². The van der Waals surface area contributed by atoms with Gasteiger partial charge in [0.2, 0.25) is 0 Å². The summed E-state index contributed by atoms with van der Waals surface area (Å²) in [6.45, 7) is 6.81. The zero-order chi connectivity index (χ0) is 17.2. The van der Waals surface area contributed by atoms with Crippen molar-refractivity contribution < 1.29 is 14.4 Å². The molecule has 8 heteroatoms. The van der Waals surface area contributed by atoms with Crippen molar-refractivity contribution >= 4 is 27.8 Å². The topological polar surface area (TPSA) is 76.5 Å². The van der Waals surface area contributed by atoms with E-state index < -0.39 is 5.41 Å². The smallest absolute Gasteiger partial charge is 0.330 e. The highest BCUT2D eigenvalue weighted by Crippen LogP contribution is 2.26. The lowest BCUT2D eigenvalue weighted by Gasteiger charge is -2.32. The van der Waals surface area contributed by atoms with E-state index in [-0.39, 0.29) is 17.9 Å². The van der Waals surface area contributed by atoms with Gasteiger partial charge < -0.3 is 10.2 Å². The molecule has 2 heterocycles. The molecule has 2 rings (SSSR count). The highest BCUT2D eigenvalue weighted by atomic mass is 79.9. The number of carbonyl (C=O) groups is 2. The van der Waals surface area contributed by atoms with Crippen molar-refractivity contribution in [3.05, 3.63) is 16.4 Å². The lowest BCUT2D eigenvalue weighted by Crippen LogP contribution is -2.39. The zero-order valence-corrected chi connectivity index (χ0v) is 15.5. The van der Waals surface area contributed by atoms with Gasteiger partial charge in [-0.2, -0.15) is 5.10 Å². The fourth-order valence-corrected chi connectivity index (χ4v) is 2.75. The van der Waals surface area contributed by atoms with Crippen LogP contribution >= 0.6 is 15.9 Å². The lowest BCUT2D eigenvalue weighted by atomic mass is 9.98. The molecule has 128 valence electrons. The van der Waals surface area contributed by atoms with Gasteiger partial charge in [-0.1, -0.05) is 0 Å². The van der Waals surface area contributed by atoms with Gasteiger partial charge in [0.15, 0.2) is 5.69 Å². The maximum Gasteiger partial charge on any atom is 0.330 e. The molecule has 23 heavy (non-hydrogen) atoms. The molecule has 0 atom stereocenters. The first-order valence-electron chi connectivity index (χ1n) is 7.66. The van der Waals surface area contributed by atoms with Crippen LogP contribution in [0.25, 0.3) is 0 Å². The van der Waals surface area contributed by atoms with Crippen LogP contribution < -0.4 is 5.32 Å². The number of nitrogens with one attached hydrogen (secondary N) is 1. The third kappa shape index (κ3) is 4.32. The van der Waals surface area contributed by atoms with Gasteiger partial charge in [-0.25, -0.2) is 4.79 Å². The Labute approximate surface area is 144 Å². The quantitative estimate of drug-likeness (QED) is 0.860. The molecule has 0 aliphatic carbocycles. The standard InChI is InChI=1S/C15H23BrN4O3/c1-15(2,3)14(22)23-19-7-5-10(6-8-19)20-9-11(16)12(18-20)13(21)17-4/h9-10H,5-8H2,1-4H3,(H,17,21). The first-order valence-corrected chi connectivity index (χ1v) is 8.45. The molecule has 1 aliphatic heterocycles. The van der Waals surface area contributed by atoms with Gasteiger partial charge in [0.1, 0.15) is 0 Å². The normalized spacial score (nSPS) is 17.1. The molecular formula is C15H23BrN4O3. The van der Waals surface area contributed by atoms with E-state index in [1.165, 1.54) is 0 Å². The van der Waals surface area contributed by atoms with Crippen LogP contribution in [-0.2, 0) is 9.63 Å². The average Bonchev–Trinajstić information content (AvgIpc) is 2.88. The molecule has 1 saturated heterocycles. The van der Waals surface area contributed by atoms with E-state index >= 15 is 0 Å². The van der Waals surface area contributed by atoms with Crippen molar-refractivity contribution in [3.63, 3.8) is 0 Å². The largest absolute Gasteiger partial charge is 0.367 e. The minimum absolute atomic E-state index is 0.189. The average molecular weight is 387 g/mol. The molecule has 1 aromatic heterocycles. The van der Waals surface area contributed by atoms with Gasteiger partial charge in [-0.15, -0.1) is 5.06 Å². The van der Waals surface area contributed by atoms with Crippen molar-refractivity contribution in [2.75, 3.05) is 20.1 Å². The minimum atomic E-state index is -0.508. The van der Waals surface area contributed by atoms with Crippen LogP contribution in [0.1, 0.15) is 50.1 Å². The summed E-state index contributed by atoms with van der Waals surface area (Å²) < 4.78 is 2.50. The molecule has 7 nitrogen and oxygen atoms in total. The van der Waals surface area contributed by atoms with E-state index in [1.54, 1.807) is 12.1 Å². The summed E-state index contributed by atoms with van der Waals surface area (Å²) >= 11 is 3.37. The van der Waals surface area contributed by atoms with Gasteiger partial charge in [0.05, 0.1) is 15.9 Å². The SMILES string of the molecule is CNC(=O)c1nn(C2CCN(OC(=O)C(C)(C)C)CC2)cc1Br. The number of piperidine rings is 1. The molecule has 0 bridgehead atoms. The highest BCUT2D eigenvalue weighted by molar-refractivity contribution is 9.10. The van der Waals surface area contributed by atoms with E-state index in [4.69, 9.17) is 4.84 Å². The van der Waals surface area contributed by atoms with Crippen LogP contribution in [-0.4, -0.2) is 46.9 Å². The van der Waals surface area contributed by atoms with Crippen LogP contribution in [0.15, 0.2) is 10.7 Å². The molecule has 0 unspecified atom stereocenters. The van der Waals surface area contributed by atoms with E-state index in [0.717, 1.165) is 12.8 Å². The maximum absolute atomic E-state index is 11.9. The first kappa shape index (κ1) is 17.9. The fraction of sp³-hybridized carbons (Fsp3) is 0.667. The second-order valence-corrected chi connectivity index (χ2v) is 7.53. The molecule has 1 aliphatic rings. The van der Waals surface area contributed by atoms with E-state index in [0.29, 0.717) is 23.3 Å². The summed E-state index contributed by atoms with van der Waals surface area (Å²) in [5.74, 6) is -0.438. The van der Waals surface area contributed by atoms with Crippen LogP contribution in [0.4, 0.5) is 0 Å². The minimum Gasteiger partial charge on any atom is -0.367 e. The summed E-state index contributed by atoms with van der Waals surface area (Å²) in [7, 11) is 1.58. The van der Waals surface area contributed by atoms with E-state index in [2.05, 4.69) is 26.3 Å². The van der Waals surface area contributed by atoms with Gasteiger partial charge in [-0.05, 0) is 49.5 Å². The Morgan fingerprint density at radius 1 is 1.35 bits per heavy atom. The molecule has 1 N–H and O–H groups in total. The molecular weight excluding hydrogens is 364 g/mol. The monoisotopic (exact) mass is 386 g/mol. The zero-order valence-electron chi connectivity index (χ0n) is 13.9. The summed E-state index contributed by atoms with van der Waals surface area (Å²) in [5, 5.41) is 8.64. The molecule has 0 radical (unpaired) electrons. The summed E-state index contributed by atoms with van der Waals surface area (Å²) in [5.41, 5.74) is -0.124. The van der Waals surface area contributed by atoms with E-state index in [1.807, 2.05) is 31.6 Å². The van der Waals surface area contributed by atoms with Crippen molar-refractivity contribution in [3.8, 4) is 0 Å². The molecule has 1 fully saturated rings. The van der Waals surface area contributed by atoms with Crippen molar-refractivity contribution in [2.45, 2.75) is 39.7 Å². The summed E-state index contributed by atoms with van der Waals surface area (Å²) in [4.78, 5) is 29.0. The number of aromatic nitrogens is 2. The van der Waals surface area contributed by atoms with E-state index in [9.17, 15) is 9.59 Å². The van der Waals surface area contributed by atoms with Crippen molar-refractivity contribution in [1.29, 1.82) is 0 Å². The van der Waals surface area contributed by atoms with Crippen LogP contribution in [0.5, 0.6) is 0 Å². The predicted octanol–water partition coefficient (Wildman–Crippen LogP) is 2.15. The Balaban J connectivity index is 1.95. The molecule has 1 aromatic rings. The third-order valence-electron chi connectivity index (χ3n) is 3.75. The van der Waals surface area contributed by atoms with Gasteiger partial charge in [0.25, 0.3) is 5.91 Å². The van der Waals surface area contributed by atoms with Gasteiger partial charge >= 0.3 is 5.97 Å². The first-order chi connectivity index (χ1) is 10.7. The number of amides is 1. The molecule has 0 saturated carbocycles. The molecule has 0 spiro atoms. The predicted molar refractivity (Wildman–Crippen MR) is 88.7 cm³/mol. The van der Waals surface area contributed by atoms with Crippen molar-refractivity contribution in [1.82, 2.24) is 20.2 Å². The Bertz CT molecular complexity index is 586. The number of rotatable bonds is 3. The second kappa shape index (κ2) is 7.00. The van der Waals surface area contributed by atoms with Gasteiger partial charge in [0, 0.05) is 26.3 Å². The number of halogens is 1. The van der Waals surface area contributed by atoms with Crippen LogP contribution in [0.2, 0.25) is 0 Å². The number of hydrogen-bond donors (Lipinski definition) is 1. The Hall–Kier alpha value is -1.41. The van der Waals surface area contributed by atoms with Crippen LogP contribution in [0.3, 0.4) is 0 Å². The summed E-state index contributed by atoms with van der Waals surface area (Å²) in [6, 6.07) is 0.189. The number of hydroxylamine groups is 2. The van der Waals surface area contributed by atoms with Crippen LogP contribution in [0, 0.1) is 5.41 Å². The lowest BCUT2D eigenvalue weighted by molar-refractivity contribution is -0.205. The van der Waals surface area contributed by atoms with Gasteiger partial charge in [-0.3, -0.25) is 9.48 Å². The second-order valence-electron chi connectivity index (χ2n) is 6.67. The number of hydrogen-bond acceptors (Lipinski definition) is 5. The third-order valence-corrected chi connectivity index (χ3v) is 4.33. The molecule has 0 aromatic carbocycles. The molecule has 1 amide bonds. The highest BCUT2D eigenvalue weighted by Gasteiger charge is 2.29. The summed E-state index contributed by atoms with van der Waals surface area (Å²) in [6.07, 6.45) is 3.43. The number of carbonyl (C=O) groups excluding carboxylic acids is 2.